The van der Waals surface area contributed by atoms with Crippen molar-refractivity contribution in [2.24, 2.45) is 0 Å². The molecule has 0 bridgehead atoms. The summed E-state index contributed by atoms with van der Waals surface area (Å²) in [6.07, 6.45) is 3.18. The molecule has 0 radical (unpaired) electrons. The number of benzene rings is 1. The quantitative estimate of drug-likeness (QED) is 0.530. The first-order chi connectivity index (χ1) is 8.40. The third-order valence-electron chi connectivity index (χ3n) is 3.76. The zero-order valence-electron chi connectivity index (χ0n) is 10.1. The molecule has 1 aromatic rings. The highest BCUT2D eigenvalue weighted by Crippen LogP contribution is 2.34. The number of hydrogen-bond acceptors (Lipinski definition) is 1. The summed E-state index contributed by atoms with van der Waals surface area (Å²) < 4.78 is 7.90. The van der Waals surface area contributed by atoms with E-state index < -0.39 is 0 Å². The SMILES string of the molecule is C=CC1CC(=[N+]2CCOCC2)c2ccccc21. The third-order valence-corrected chi connectivity index (χ3v) is 3.76. The Kier molecular flexibility index (Phi) is 2.81. The monoisotopic (exact) mass is 228 g/mol. The molecule has 2 nitrogen and oxygen atoms in total. The standard InChI is InChI=1S/C15H18NO/c1-2-12-11-15(16-7-9-17-10-8-16)14-6-4-3-5-13(12)14/h2-6,12H,1,7-11H2/q+1. The van der Waals surface area contributed by atoms with Gasteiger partial charge in [0.2, 0.25) is 0 Å². The summed E-state index contributed by atoms with van der Waals surface area (Å²) in [5, 5.41) is 0. The van der Waals surface area contributed by atoms with Gasteiger partial charge in [-0.05, 0) is 11.6 Å². The Morgan fingerprint density at radius 3 is 2.76 bits per heavy atom. The number of rotatable bonds is 1. The van der Waals surface area contributed by atoms with E-state index in [1.165, 1.54) is 16.8 Å². The average molecular weight is 228 g/mol. The highest BCUT2D eigenvalue weighted by Gasteiger charge is 2.32. The smallest absolute Gasteiger partial charge is 0.184 e. The zero-order valence-corrected chi connectivity index (χ0v) is 10.1. The lowest BCUT2D eigenvalue weighted by atomic mass is 10.0. The fourth-order valence-electron chi connectivity index (χ4n) is 2.85. The largest absolute Gasteiger partial charge is 0.368 e. The Balaban J connectivity index is 2.06. The second-order valence-corrected chi connectivity index (χ2v) is 4.68. The number of hydrogen-bond donors (Lipinski definition) is 0. The molecule has 0 aromatic heterocycles. The molecule has 3 rings (SSSR count). The Morgan fingerprint density at radius 1 is 1.24 bits per heavy atom. The number of morpholine rings is 1. The Labute approximate surface area is 102 Å². The van der Waals surface area contributed by atoms with Crippen LogP contribution >= 0.6 is 0 Å². The lowest BCUT2D eigenvalue weighted by Gasteiger charge is -2.13. The molecular formula is C15H18NO+. The molecule has 1 fully saturated rings. The Hall–Kier alpha value is -1.41. The molecule has 0 spiro atoms. The predicted octanol–water partition coefficient (Wildman–Crippen LogP) is 2.19. The minimum atomic E-state index is 0.490. The molecule has 1 atom stereocenters. The molecule has 0 saturated carbocycles. The van der Waals surface area contributed by atoms with Crippen molar-refractivity contribution in [1.29, 1.82) is 0 Å². The predicted molar refractivity (Wildman–Crippen MR) is 68.9 cm³/mol. The number of allylic oxidation sites excluding steroid dienone is 1. The van der Waals surface area contributed by atoms with Gasteiger partial charge in [-0.3, -0.25) is 0 Å². The topological polar surface area (TPSA) is 12.2 Å². The summed E-state index contributed by atoms with van der Waals surface area (Å²) in [6, 6.07) is 8.72. The molecule has 1 aromatic carbocycles. The van der Waals surface area contributed by atoms with Gasteiger partial charge in [0, 0.05) is 17.9 Å². The highest BCUT2D eigenvalue weighted by atomic mass is 16.5. The van der Waals surface area contributed by atoms with Gasteiger partial charge in [0.15, 0.2) is 18.8 Å². The summed E-state index contributed by atoms with van der Waals surface area (Å²) in [4.78, 5) is 0. The minimum Gasteiger partial charge on any atom is -0.368 e. The van der Waals surface area contributed by atoms with Crippen LogP contribution in [0, 0.1) is 0 Å². The molecule has 2 aliphatic rings. The van der Waals surface area contributed by atoms with Crippen molar-refractivity contribution >= 4 is 5.71 Å². The van der Waals surface area contributed by atoms with Gasteiger partial charge in [0.1, 0.15) is 13.2 Å². The fraction of sp³-hybridized carbons (Fsp3) is 0.400. The Morgan fingerprint density at radius 2 is 2.00 bits per heavy atom. The van der Waals surface area contributed by atoms with E-state index in [9.17, 15) is 0 Å². The van der Waals surface area contributed by atoms with E-state index in [4.69, 9.17) is 4.74 Å². The van der Waals surface area contributed by atoms with E-state index in [1.54, 1.807) is 0 Å². The normalized spacial score (nSPS) is 23.6. The van der Waals surface area contributed by atoms with Gasteiger partial charge >= 0.3 is 0 Å². The first-order valence-corrected chi connectivity index (χ1v) is 6.30. The van der Waals surface area contributed by atoms with E-state index in [0.29, 0.717) is 5.92 Å². The van der Waals surface area contributed by atoms with Crippen molar-refractivity contribution in [3.63, 3.8) is 0 Å². The van der Waals surface area contributed by atoms with Crippen molar-refractivity contribution in [1.82, 2.24) is 0 Å². The molecule has 1 heterocycles. The van der Waals surface area contributed by atoms with Gasteiger partial charge in [-0.1, -0.05) is 24.3 Å². The van der Waals surface area contributed by atoms with Crippen molar-refractivity contribution < 1.29 is 9.31 Å². The molecular weight excluding hydrogens is 210 g/mol. The second kappa shape index (κ2) is 4.46. The van der Waals surface area contributed by atoms with E-state index >= 15 is 0 Å². The fourth-order valence-corrected chi connectivity index (χ4v) is 2.85. The van der Waals surface area contributed by atoms with Crippen LogP contribution in [0.15, 0.2) is 36.9 Å². The third kappa shape index (κ3) is 1.83. The van der Waals surface area contributed by atoms with E-state index in [2.05, 4.69) is 41.5 Å². The van der Waals surface area contributed by atoms with Crippen LogP contribution in [0.5, 0.6) is 0 Å². The van der Waals surface area contributed by atoms with Gasteiger partial charge in [0.05, 0.1) is 0 Å². The summed E-state index contributed by atoms with van der Waals surface area (Å²) >= 11 is 0. The van der Waals surface area contributed by atoms with Crippen molar-refractivity contribution in [2.75, 3.05) is 26.3 Å². The van der Waals surface area contributed by atoms with Gasteiger partial charge in [-0.2, -0.15) is 0 Å². The average Bonchev–Trinajstić information content (AvgIpc) is 2.78. The molecule has 0 amide bonds. The summed E-state index contributed by atoms with van der Waals surface area (Å²) in [5.41, 5.74) is 4.33. The molecule has 2 heteroatoms. The number of ether oxygens (including phenoxy) is 1. The molecule has 1 aliphatic heterocycles. The van der Waals surface area contributed by atoms with Gasteiger partial charge in [-0.25, -0.2) is 4.58 Å². The molecule has 1 saturated heterocycles. The second-order valence-electron chi connectivity index (χ2n) is 4.68. The van der Waals surface area contributed by atoms with Crippen LogP contribution in [0.1, 0.15) is 23.5 Å². The maximum Gasteiger partial charge on any atom is 0.184 e. The van der Waals surface area contributed by atoms with Gasteiger partial charge < -0.3 is 4.74 Å². The van der Waals surface area contributed by atoms with Crippen LogP contribution in [0.3, 0.4) is 0 Å². The lowest BCUT2D eigenvalue weighted by Crippen LogP contribution is -2.33. The van der Waals surface area contributed by atoms with E-state index in [1.807, 2.05) is 0 Å². The van der Waals surface area contributed by atoms with Crippen LogP contribution in [0.2, 0.25) is 0 Å². The zero-order chi connectivity index (χ0) is 11.7. The number of nitrogens with zero attached hydrogens (tertiary/aromatic N) is 1. The molecule has 1 aliphatic carbocycles. The van der Waals surface area contributed by atoms with Crippen molar-refractivity contribution in [2.45, 2.75) is 12.3 Å². The number of fused-ring (bicyclic) bond motifs is 1. The van der Waals surface area contributed by atoms with Gasteiger partial charge in [0.25, 0.3) is 0 Å². The van der Waals surface area contributed by atoms with Crippen molar-refractivity contribution in [3.05, 3.63) is 48.0 Å². The maximum atomic E-state index is 5.43. The van der Waals surface area contributed by atoms with Crippen molar-refractivity contribution in [3.8, 4) is 0 Å². The Bertz CT molecular complexity index is 468. The summed E-state index contributed by atoms with van der Waals surface area (Å²) in [5.74, 6) is 0.490. The van der Waals surface area contributed by atoms with Gasteiger partial charge in [-0.15, -0.1) is 6.58 Å². The van der Waals surface area contributed by atoms with Crippen LogP contribution in [-0.4, -0.2) is 36.6 Å². The van der Waals surface area contributed by atoms with Crippen LogP contribution in [-0.2, 0) is 4.74 Å². The van der Waals surface area contributed by atoms with Crippen LogP contribution in [0.25, 0.3) is 0 Å². The molecule has 0 N–H and O–H groups in total. The maximum absolute atomic E-state index is 5.43. The first-order valence-electron chi connectivity index (χ1n) is 6.30. The first kappa shape index (κ1) is 10.7. The lowest BCUT2D eigenvalue weighted by molar-refractivity contribution is -0.549. The molecule has 88 valence electrons. The van der Waals surface area contributed by atoms with E-state index in [0.717, 1.165) is 32.7 Å². The van der Waals surface area contributed by atoms with Crippen LogP contribution < -0.4 is 0 Å². The molecule has 17 heavy (non-hydrogen) atoms. The van der Waals surface area contributed by atoms with Crippen LogP contribution in [0.4, 0.5) is 0 Å². The molecule has 1 unspecified atom stereocenters. The summed E-state index contributed by atoms with van der Waals surface area (Å²) in [7, 11) is 0. The van der Waals surface area contributed by atoms with E-state index in [-0.39, 0.29) is 0 Å². The highest BCUT2D eigenvalue weighted by molar-refractivity contribution is 6.02. The minimum absolute atomic E-state index is 0.490. The summed E-state index contributed by atoms with van der Waals surface area (Å²) in [6.45, 7) is 7.71.